The molecule has 1 saturated carbocycles. The maximum Gasteiger partial charge on any atom is 0.249 e. The highest BCUT2D eigenvalue weighted by Gasteiger charge is 2.30. The van der Waals surface area contributed by atoms with Gasteiger partial charge in [0.05, 0.1) is 25.5 Å². The number of nitrogens with two attached hydrogens (primary N) is 1. The van der Waals surface area contributed by atoms with Crippen molar-refractivity contribution in [3.8, 4) is 11.5 Å². The SMILES string of the molecule is COc1ccc(CC(=O)NC(N)=N[C@@H](C(=O)Nc2cc(S(=O)(=O)N(C)C)ccc2C)C2CCCCC2)cc1OC. The number of benzene rings is 2. The summed E-state index contributed by atoms with van der Waals surface area (Å²) in [5.74, 6) is 0.0245. The van der Waals surface area contributed by atoms with Gasteiger partial charge in [0, 0.05) is 19.8 Å². The summed E-state index contributed by atoms with van der Waals surface area (Å²) in [6.45, 7) is 1.78. The molecule has 1 atom stereocenters. The van der Waals surface area contributed by atoms with Crippen molar-refractivity contribution >= 4 is 33.5 Å². The van der Waals surface area contributed by atoms with Crippen LogP contribution in [0.2, 0.25) is 0 Å². The number of aliphatic imine (C=N–C) groups is 1. The summed E-state index contributed by atoms with van der Waals surface area (Å²) in [6.07, 6.45) is 4.61. The Kier molecular flexibility index (Phi) is 10.5. The number of anilines is 1. The molecular weight excluding hydrogens is 534 g/mol. The molecule has 2 amide bonds. The van der Waals surface area contributed by atoms with Crippen molar-refractivity contribution < 1.29 is 27.5 Å². The Hall–Kier alpha value is -3.64. The number of aryl methyl sites for hydroxylation is 1. The fourth-order valence-corrected chi connectivity index (χ4v) is 5.62. The zero-order valence-corrected chi connectivity index (χ0v) is 24.5. The predicted octanol–water partition coefficient (Wildman–Crippen LogP) is 2.82. The lowest BCUT2D eigenvalue weighted by atomic mass is 9.83. The number of ether oxygens (including phenoxy) is 2. The molecule has 12 heteroatoms. The summed E-state index contributed by atoms with van der Waals surface area (Å²) in [4.78, 5) is 30.8. The molecule has 0 spiro atoms. The minimum absolute atomic E-state index is 0.0171. The van der Waals surface area contributed by atoms with Crippen LogP contribution >= 0.6 is 0 Å². The van der Waals surface area contributed by atoms with Crippen LogP contribution in [0.3, 0.4) is 0 Å². The Bertz CT molecular complexity index is 1350. The number of carbonyl (C=O) groups is 2. The van der Waals surface area contributed by atoms with Gasteiger partial charge in [0.15, 0.2) is 17.5 Å². The van der Waals surface area contributed by atoms with Crippen LogP contribution in [0.4, 0.5) is 5.69 Å². The van der Waals surface area contributed by atoms with Gasteiger partial charge in [-0.05, 0) is 61.1 Å². The molecule has 0 bridgehead atoms. The van der Waals surface area contributed by atoms with Gasteiger partial charge in [-0.15, -0.1) is 0 Å². The Morgan fingerprint density at radius 3 is 2.35 bits per heavy atom. The number of hydrogen-bond acceptors (Lipinski definition) is 7. The fraction of sp³-hybridized carbons (Fsp3) is 0.464. The number of hydrogen-bond donors (Lipinski definition) is 3. The van der Waals surface area contributed by atoms with Gasteiger partial charge in [-0.1, -0.05) is 31.4 Å². The third kappa shape index (κ3) is 7.72. The van der Waals surface area contributed by atoms with E-state index in [9.17, 15) is 18.0 Å². The maximum atomic E-state index is 13.5. The third-order valence-corrected chi connectivity index (χ3v) is 8.78. The van der Waals surface area contributed by atoms with Crippen LogP contribution in [0.1, 0.15) is 43.2 Å². The van der Waals surface area contributed by atoms with Crippen LogP contribution in [0.5, 0.6) is 11.5 Å². The van der Waals surface area contributed by atoms with Crippen LogP contribution in [-0.4, -0.2) is 64.9 Å². The minimum atomic E-state index is -3.69. The van der Waals surface area contributed by atoms with Crippen LogP contribution in [0.15, 0.2) is 46.3 Å². The zero-order valence-electron chi connectivity index (χ0n) is 23.7. The average molecular weight is 574 g/mol. The van der Waals surface area contributed by atoms with Gasteiger partial charge in [-0.25, -0.2) is 17.7 Å². The van der Waals surface area contributed by atoms with Crippen molar-refractivity contribution in [2.24, 2.45) is 16.6 Å². The lowest BCUT2D eigenvalue weighted by molar-refractivity contribution is -0.120. The van der Waals surface area contributed by atoms with E-state index in [2.05, 4.69) is 15.6 Å². The molecule has 40 heavy (non-hydrogen) atoms. The number of nitrogens with one attached hydrogen (secondary N) is 2. The molecule has 2 aromatic rings. The second-order valence-electron chi connectivity index (χ2n) is 10.0. The van der Waals surface area contributed by atoms with E-state index >= 15 is 0 Å². The molecule has 0 heterocycles. The number of sulfonamides is 1. The van der Waals surface area contributed by atoms with Gasteiger partial charge in [0.1, 0.15) is 6.04 Å². The number of nitrogens with zero attached hydrogens (tertiary/aromatic N) is 2. The second kappa shape index (κ2) is 13.6. The van der Waals surface area contributed by atoms with E-state index in [-0.39, 0.29) is 23.2 Å². The molecule has 0 saturated heterocycles. The molecule has 0 radical (unpaired) electrons. The highest BCUT2D eigenvalue weighted by atomic mass is 32.2. The molecular formula is C28H39N5O6S. The minimum Gasteiger partial charge on any atom is -0.493 e. The topological polar surface area (TPSA) is 152 Å². The van der Waals surface area contributed by atoms with Crippen LogP contribution < -0.4 is 25.8 Å². The van der Waals surface area contributed by atoms with Crippen molar-refractivity contribution in [1.82, 2.24) is 9.62 Å². The van der Waals surface area contributed by atoms with Gasteiger partial charge in [-0.3, -0.25) is 14.9 Å². The summed E-state index contributed by atoms with van der Waals surface area (Å²) >= 11 is 0. The summed E-state index contributed by atoms with van der Waals surface area (Å²) in [5.41, 5.74) is 7.89. The molecule has 0 unspecified atom stereocenters. The molecule has 1 aliphatic rings. The van der Waals surface area contributed by atoms with Crippen molar-refractivity contribution in [3.63, 3.8) is 0 Å². The van der Waals surface area contributed by atoms with Crippen molar-refractivity contribution in [3.05, 3.63) is 47.5 Å². The number of amides is 2. The molecule has 4 N–H and O–H groups in total. The van der Waals surface area contributed by atoms with Crippen molar-refractivity contribution in [2.45, 2.75) is 56.4 Å². The molecule has 218 valence electrons. The summed E-state index contributed by atoms with van der Waals surface area (Å²) in [6, 6.07) is 8.91. The first-order valence-electron chi connectivity index (χ1n) is 13.1. The van der Waals surface area contributed by atoms with Gasteiger partial charge in [0.2, 0.25) is 21.8 Å². The largest absolute Gasteiger partial charge is 0.493 e. The van der Waals surface area contributed by atoms with E-state index in [1.165, 1.54) is 40.4 Å². The van der Waals surface area contributed by atoms with Crippen molar-refractivity contribution in [2.75, 3.05) is 33.6 Å². The lowest BCUT2D eigenvalue weighted by Gasteiger charge is -2.27. The van der Waals surface area contributed by atoms with Gasteiger partial charge >= 0.3 is 0 Å². The fourth-order valence-electron chi connectivity index (χ4n) is 4.69. The normalized spacial score (nSPS) is 15.4. The monoisotopic (exact) mass is 573 g/mol. The first-order valence-corrected chi connectivity index (χ1v) is 14.6. The first-order chi connectivity index (χ1) is 19.0. The van der Waals surface area contributed by atoms with Crippen molar-refractivity contribution in [1.29, 1.82) is 0 Å². The van der Waals surface area contributed by atoms with Gasteiger partial charge in [0.25, 0.3) is 0 Å². The number of carbonyl (C=O) groups excluding carboxylic acids is 2. The first kappa shape index (κ1) is 30.9. The van der Waals surface area contributed by atoms with Gasteiger partial charge < -0.3 is 20.5 Å². The Labute approximate surface area is 236 Å². The molecule has 0 aliphatic heterocycles. The smallest absolute Gasteiger partial charge is 0.249 e. The Balaban J connectivity index is 1.80. The van der Waals surface area contributed by atoms with E-state index in [4.69, 9.17) is 15.2 Å². The number of guanidine groups is 1. The summed E-state index contributed by atoms with van der Waals surface area (Å²) in [7, 11) is 2.26. The van der Waals surface area contributed by atoms with Gasteiger partial charge in [-0.2, -0.15) is 0 Å². The van der Waals surface area contributed by atoms with E-state index in [1.54, 1.807) is 31.2 Å². The Morgan fingerprint density at radius 1 is 1.05 bits per heavy atom. The zero-order chi connectivity index (χ0) is 29.4. The van der Waals surface area contributed by atoms with E-state index < -0.39 is 27.9 Å². The summed E-state index contributed by atoms with van der Waals surface area (Å²) in [5, 5.41) is 5.45. The average Bonchev–Trinajstić information content (AvgIpc) is 2.92. The molecule has 2 aromatic carbocycles. The highest BCUT2D eigenvalue weighted by Crippen LogP contribution is 2.30. The highest BCUT2D eigenvalue weighted by molar-refractivity contribution is 7.89. The Morgan fingerprint density at radius 2 is 1.73 bits per heavy atom. The summed E-state index contributed by atoms with van der Waals surface area (Å²) < 4.78 is 36.9. The maximum absolute atomic E-state index is 13.5. The van der Waals surface area contributed by atoms with E-state index in [0.29, 0.717) is 28.3 Å². The second-order valence-corrected chi connectivity index (χ2v) is 12.2. The van der Waals surface area contributed by atoms with Crippen LogP contribution in [0.25, 0.3) is 0 Å². The van der Waals surface area contributed by atoms with Crippen LogP contribution in [-0.2, 0) is 26.0 Å². The van der Waals surface area contributed by atoms with E-state index in [0.717, 1.165) is 36.4 Å². The molecule has 1 fully saturated rings. The molecule has 0 aromatic heterocycles. The van der Waals surface area contributed by atoms with Crippen LogP contribution in [0, 0.1) is 12.8 Å². The lowest BCUT2D eigenvalue weighted by Crippen LogP contribution is -2.42. The van der Waals surface area contributed by atoms with E-state index in [1.807, 2.05) is 0 Å². The third-order valence-electron chi connectivity index (χ3n) is 6.97. The number of rotatable bonds is 10. The number of methoxy groups -OCH3 is 2. The predicted molar refractivity (Wildman–Crippen MR) is 154 cm³/mol. The standard InChI is InChI=1S/C28H39N5O6S/c1-18-11-13-21(40(36,37)33(2)3)17-22(18)30-27(35)26(20-9-7-6-8-10-20)32-28(29)31-25(34)16-19-12-14-23(38-4)24(15-19)39-5/h11-15,17,20,26H,6-10,16H2,1-5H3,(H,30,35)(H3,29,31,32,34)/t26-/m1/s1. The molecule has 3 rings (SSSR count). The molecule has 1 aliphatic carbocycles. The quantitative estimate of drug-likeness (QED) is 0.292. The molecule has 11 nitrogen and oxygen atoms in total.